The van der Waals surface area contributed by atoms with E-state index < -0.39 is 17.7 Å². The van der Waals surface area contributed by atoms with Crippen LogP contribution in [0.5, 0.6) is 11.5 Å². The van der Waals surface area contributed by atoms with Crippen molar-refractivity contribution in [1.29, 1.82) is 0 Å². The third-order valence-corrected chi connectivity index (χ3v) is 3.42. The summed E-state index contributed by atoms with van der Waals surface area (Å²) in [6.07, 6.45) is 0. The van der Waals surface area contributed by atoms with E-state index in [9.17, 15) is 14.0 Å². The van der Waals surface area contributed by atoms with Crippen LogP contribution < -0.4 is 14.8 Å². The average Bonchev–Trinajstić information content (AvgIpc) is 2.45. The van der Waals surface area contributed by atoms with Gasteiger partial charge in [-0.1, -0.05) is 0 Å². The van der Waals surface area contributed by atoms with Gasteiger partial charge in [0.15, 0.2) is 11.5 Å². The first-order valence-electron chi connectivity index (χ1n) is 5.98. The molecule has 0 radical (unpaired) electrons. The zero-order valence-corrected chi connectivity index (χ0v) is 12.5. The summed E-state index contributed by atoms with van der Waals surface area (Å²) in [5.41, 5.74) is -0.157. The van der Waals surface area contributed by atoms with Crippen LogP contribution in [-0.4, -0.2) is 49.3 Å². The second-order valence-electron chi connectivity index (χ2n) is 3.89. The fourth-order valence-electron chi connectivity index (χ4n) is 1.52. The summed E-state index contributed by atoms with van der Waals surface area (Å²) >= 11 is 1.16. The first-order chi connectivity index (χ1) is 9.99. The van der Waals surface area contributed by atoms with Crippen LogP contribution in [0.25, 0.3) is 0 Å². The number of halogens is 1. The van der Waals surface area contributed by atoms with E-state index in [1.807, 2.05) is 0 Å². The molecule has 8 heteroatoms. The maximum atomic E-state index is 13.8. The number of thioether (sulfide) groups is 1. The molecule has 0 aliphatic heterocycles. The Morgan fingerprint density at radius 3 is 2.48 bits per heavy atom. The number of aliphatic carboxylic acids is 1. The van der Waals surface area contributed by atoms with Crippen molar-refractivity contribution in [3.05, 3.63) is 23.5 Å². The zero-order valence-electron chi connectivity index (χ0n) is 11.6. The number of hydrogen-bond donors (Lipinski definition) is 2. The van der Waals surface area contributed by atoms with Gasteiger partial charge in [0.1, 0.15) is 5.82 Å². The van der Waals surface area contributed by atoms with Crippen LogP contribution in [0.3, 0.4) is 0 Å². The second kappa shape index (κ2) is 8.35. The molecule has 6 nitrogen and oxygen atoms in total. The highest BCUT2D eigenvalue weighted by atomic mass is 32.2. The molecule has 0 unspecified atom stereocenters. The van der Waals surface area contributed by atoms with Crippen molar-refractivity contribution in [2.45, 2.75) is 0 Å². The third kappa shape index (κ3) is 5.14. The van der Waals surface area contributed by atoms with Gasteiger partial charge in [-0.25, -0.2) is 4.39 Å². The molecule has 0 aliphatic rings. The lowest BCUT2D eigenvalue weighted by molar-refractivity contribution is -0.133. The minimum Gasteiger partial charge on any atom is -0.493 e. The van der Waals surface area contributed by atoms with Crippen LogP contribution in [0, 0.1) is 5.82 Å². The molecule has 2 N–H and O–H groups in total. The number of carboxylic acid groups (broad SMARTS) is 1. The molecule has 1 rings (SSSR count). The van der Waals surface area contributed by atoms with Gasteiger partial charge in [0.2, 0.25) is 0 Å². The van der Waals surface area contributed by atoms with Crippen LogP contribution in [0.15, 0.2) is 12.1 Å². The lowest BCUT2D eigenvalue weighted by Gasteiger charge is -2.11. The summed E-state index contributed by atoms with van der Waals surface area (Å²) in [4.78, 5) is 22.2. The quantitative estimate of drug-likeness (QED) is 0.705. The van der Waals surface area contributed by atoms with Gasteiger partial charge in [0.05, 0.1) is 25.5 Å². The zero-order chi connectivity index (χ0) is 15.8. The molecule has 1 aromatic rings. The molecule has 0 spiro atoms. The number of nitrogens with one attached hydrogen (secondary N) is 1. The number of benzene rings is 1. The van der Waals surface area contributed by atoms with Crippen LogP contribution in [0.1, 0.15) is 10.4 Å². The van der Waals surface area contributed by atoms with Gasteiger partial charge in [0.25, 0.3) is 5.91 Å². The molecule has 1 aromatic carbocycles. The summed E-state index contributed by atoms with van der Waals surface area (Å²) in [5, 5.41) is 11.0. The highest BCUT2D eigenvalue weighted by Gasteiger charge is 2.16. The summed E-state index contributed by atoms with van der Waals surface area (Å²) in [5.74, 6) is -1.40. The molecule has 116 valence electrons. The van der Waals surface area contributed by atoms with Gasteiger partial charge < -0.3 is 19.9 Å². The molecule has 0 aromatic heterocycles. The first-order valence-corrected chi connectivity index (χ1v) is 7.14. The molecule has 0 saturated carbocycles. The van der Waals surface area contributed by atoms with E-state index in [4.69, 9.17) is 14.6 Å². The summed E-state index contributed by atoms with van der Waals surface area (Å²) < 4.78 is 23.7. The molecule has 0 bridgehead atoms. The molecular formula is C13H16FNO5S. The number of ether oxygens (including phenoxy) is 2. The minimum atomic E-state index is -0.919. The molecule has 0 fully saturated rings. The van der Waals surface area contributed by atoms with Crippen molar-refractivity contribution in [2.75, 3.05) is 32.3 Å². The van der Waals surface area contributed by atoms with Gasteiger partial charge in [-0.05, 0) is 6.07 Å². The maximum Gasteiger partial charge on any atom is 0.313 e. The van der Waals surface area contributed by atoms with E-state index in [0.717, 1.165) is 17.8 Å². The van der Waals surface area contributed by atoms with Crippen molar-refractivity contribution >= 4 is 23.6 Å². The molecule has 0 aliphatic carbocycles. The number of carbonyl (C=O) groups excluding carboxylic acids is 1. The number of methoxy groups -OCH3 is 2. The molecule has 21 heavy (non-hydrogen) atoms. The van der Waals surface area contributed by atoms with Crippen molar-refractivity contribution in [1.82, 2.24) is 5.32 Å². The monoisotopic (exact) mass is 317 g/mol. The Kier molecular flexibility index (Phi) is 6.80. The van der Waals surface area contributed by atoms with Crippen molar-refractivity contribution in [3.8, 4) is 11.5 Å². The number of carboxylic acids is 1. The summed E-state index contributed by atoms with van der Waals surface area (Å²) in [7, 11) is 2.76. The van der Waals surface area contributed by atoms with E-state index >= 15 is 0 Å². The molecular weight excluding hydrogens is 301 g/mol. The Labute approximate surface area is 125 Å². The smallest absolute Gasteiger partial charge is 0.313 e. The van der Waals surface area contributed by atoms with Crippen molar-refractivity contribution in [3.63, 3.8) is 0 Å². The predicted molar refractivity (Wildman–Crippen MR) is 76.8 cm³/mol. The van der Waals surface area contributed by atoms with E-state index in [0.29, 0.717) is 5.75 Å². The van der Waals surface area contributed by atoms with E-state index in [1.54, 1.807) is 0 Å². The van der Waals surface area contributed by atoms with Gasteiger partial charge >= 0.3 is 5.97 Å². The number of rotatable bonds is 8. The van der Waals surface area contributed by atoms with Gasteiger partial charge in [-0.15, -0.1) is 11.8 Å². The van der Waals surface area contributed by atoms with Crippen molar-refractivity contribution < 1.29 is 28.6 Å². The van der Waals surface area contributed by atoms with Crippen LogP contribution >= 0.6 is 11.8 Å². The van der Waals surface area contributed by atoms with Crippen LogP contribution in [0.2, 0.25) is 0 Å². The minimum absolute atomic E-state index is 0.0411. The fourth-order valence-corrected chi connectivity index (χ4v) is 2.08. The number of carbonyl (C=O) groups is 2. The van der Waals surface area contributed by atoms with E-state index in [2.05, 4.69) is 5.32 Å². The fraction of sp³-hybridized carbons (Fsp3) is 0.385. The Morgan fingerprint density at radius 1 is 1.29 bits per heavy atom. The third-order valence-electron chi connectivity index (χ3n) is 2.48. The Balaban J connectivity index is 2.63. The van der Waals surface area contributed by atoms with Gasteiger partial charge in [-0.3, -0.25) is 9.59 Å². The Bertz CT molecular complexity index is 524. The number of hydrogen-bond acceptors (Lipinski definition) is 5. The lowest BCUT2D eigenvalue weighted by atomic mass is 10.1. The molecule has 0 heterocycles. The first kappa shape index (κ1) is 17.1. The SMILES string of the molecule is COc1cc(F)c(C(=O)NCCSCC(=O)O)cc1OC. The van der Waals surface area contributed by atoms with Gasteiger partial charge in [0, 0.05) is 18.4 Å². The molecule has 0 atom stereocenters. The normalized spacial score (nSPS) is 10.0. The average molecular weight is 317 g/mol. The lowest BCUT2D eigenvalue weighted by Crippen LogP contribution is -2.27. The molecule has 0 saturated heterocycles. The van der Waals surface area contributed by atoms with Gasteiger partial charge in [-0.2, -0.15) is 0 Å². The standard InChI is InChI=1S/C13H16FNO5S/c1-19-10-5-8(9(14)6-11(10)20-2)13(18)15-3-4-21-7-12(16)17/h5-6H,3-4,7H2,1-2H3,(H,15,18)(H,16,17). The highest BCUT2D eigenvalue weighted by molar-refractivity contribution is 7.99. The van der Waals surface area contributed by atoms with Crippen LogP contribution in [-0.2, 0) is 4.79 Å². The topological polar surface area (TPSA) is 84.9 Å². The predicted octanol–water partition coefficient (Wildman–Crippen LogP) is 1.39. The Morgan fingerprint density at radius 2 is 1.90 bits per heavy atom. The number of amides is 1. The van der Waals surface area contributed by atoms with E-state index in [1.165, 1.54) is 20.3 Å². The molecule has 1 amide bonds. The largest absolute Gasteiger partial charge is 0.493 e. The summed E-state index contributed by atoms with van der Waals surface area (Å²) in [6, 6.07) is 2.33. The van der Waals surface area contributed by atoms with Crippen molar-refractivity contribution in [2.24, 2.45) is 0 Å². The second-order valence-corrected chi connectivity index (χ2v) is 4.99. The maximum absolute atomic E-state index is 13.8. The Hall–Kier alpha value is -1.96. The summed E-state index contributed by atoms with van der Waals surface area (Å²) in [6.45, 7) is 0.241. The van der Waals surface area contributed by atoms with Crippen LogP contribution in [0.4, 0.5) is 4.39 Å². The van der Waals surface area contributed by atoms with E-state index in [-0.39, 0.29) is 29.4 Å². The highest BCUT2D eigenvalue weighted by Crippen LogP contribution is 2.29.